The number of furan rings is 1. The first-order valence-electron chi connectivity index (χ1n) is 12.7. The van der Waals surface area contributed by atoms with Crippen molar-refractivity contribution < 1.29 is 24.2 Å². The van der Waals surface area contributed by atoms with Gasteiger partial charge < -0.3 is 14.6 Å². The van der Waals surface area contributed by atoms with Gasteiger partial charge in [0.2, 0.25) is 0 Å². The van der Waals surface area contributed by atoms with E-state index < -0.39 is 5.97 Å². The molecule has 0 bridgehead atoms. The molecule has 1 aliphatic rings. The van der Waals surface area contributed by atoms with Crippen molar-refractivity contribution in [2.45, 2.75) is 103 Å². The average Bonchev–Trinajstić information content (AvgIpc) is 3.50. The Labute approximate surface area is 198 Å². The van der Waals surface area contributed by atoms with E-state index in [9.17, 15) is 14.7 Å². The van der Waals surface area contributed by atoms with Gasteiger partial charge in [0.25, 0.3) is 0 Å². The van der Waals surface area contributed by atoms with Gasteiger partial charge in [0, 0.05) is 24.8 Å². The second kappa shape index (κ2) is 16.1. The van der Waals surface area contributed by atoms with Gasteiger partial charge in [-0.05, 0) is 25.0 Å². The third-order valence-corrected chi connectivity index (χ3v) is 6.09. The van der Waals surface area contributed by atoms with Crippen LogP contribution in [0.1, 0.15) is 113 Å². The molecule has 2 N–H and O–H groups in total. The van der Waals surface area contributed by atoms with Crippen molar-refractivity contribution in [1.29, 1.82) is 0 Å². The lowest BCUT2D eigenvalue weighted by molar-refractivity contribution is -0.137. The number of aliphatic hydroxyl groups is 1. The number of unbranched alkanes of at least 4 members (excludes halogenated alkanes) is 11. The standard InChI is InChI=1S/C28H40O5/c29-25(23-15-13-14-16-23)17-11-9-7-5-3-1-2-4-6-8-10-12-18-26(30)27-21-19-24(33-27)20-22-28(31)32/h13-16,19,21,29H,1-12,17-18,20,22H2,(H,31,32). The number of hydrogen-bond acceptors (Lipinski definition) is 4. The molecular weight excluding hydrogens is 416 g/mol. The van der Waals surface area contributed by atoms with Gasteiger partial charge in [0.1, 0.15) is 5.76 Å². The smallest absolute Gasteiger partial charge is 0.303 e. The molecule has 0 unspecified atom stereocenters. The Balaban J connectivity index is 1.35. The molecule has 0 amide bonds. The van der Waals surface area contributed by atoms with Crippen LogP contribution in [0.4, 0.5) is 0 Å². The van der Waals surface area contributed by atoms with E-state index in [1.807, 2.05) is 24.3 Å². The number of carboxylic acids is 1. The minimum Gasteiger partial charge on any atom is -0.512 e. The predicted molar refractivity (Wildman–Crippen MR) is 132 cm³/mol. The molecule has 1 aliphatic carbocycles. The minimum atomic E-state index is -0.865. The lowest BCUT2D eigenvalue weighted by Crippen LogP contribution is -1.98. The molecule has 0 fully saturated rings. The summed E-state index contributed by atoms with van der Waals surface area (Å²) in [7, 11) is 0. The van der Waals surface area contributed by atoms with Gasteiger partial charge in [-0.15, -0.1) is 0 Å². The molecule has 1 heterocycles. The number of carbonyl (C=O) groups is 2. The van der Waals surface area contributed by atoms with Gasteiger partial charge in [-0.1, -0.05) is 88.5 Å². The summed E-state index contributed by atoms with van der Waals surface area (Å²) in [6.07, 6.45) is 23.7. The number of aryl methyl sites for hydroxylation is 1. The van der Waals surface area contributed by atoms with Crippen molar-refractivity contribution in [2.24, 2.45) is 0 Å². The van der Waals surface area contributed by atoms with Gasteiger partial charge in [0.05, 0.1) is 12.2 Å². The topological polar surface area (TPSA) is 87.7 Å². The zero-order valence-corrected chi connectivity index (χ0v) is 19.9. The summed E-state index contributed by atoms with van der Waals surface area (Å²) in [6.45, 7) is 0. The highest BCUT2D eigenvalue weighted by Gasteiger charge is 2.11. The zero-order chi connectivity index (χ0) is 23.7. The minimum absolute atomic E-state index is 0.00986. The van der Waals surface area contributed by atoms with Crippen LogP contribution in [0.3, 0.4) is 0 Å². The van der Waals surface area contributed by atoms with Crippen molar-refractivity contribution in [1.82, 2.24) is 0 Å². The summed E-state index contributed by atoms with van der Waals surface area (Å²) in [5.74, 6) is 0.582. The van der Waals surface area contributed by atoms with Crippen molar-refractivity contribution >= 4 is 11.8 Å². The Morgan fingerprint density at radius 2 is 1.18 bits per heavy atom. The molecule has 0 aliphatic heterocycles. The number of allylic oxidation sites excluding steroid dienone is 6. The molecule has 182 valence electrons. The molecular formula is C28H40O5. The number of aliphatic carboxylic acids is 1. The number of Topliss-reactive ketones (excluding diaryl/α,β-unsaturated/α-hetero) is 1. The first-order chi connectivity index (χ1) is 16.1. The Kier molecular flexibility index (Phi) is 13.0. The van der Waals surface area contributed by atoms with Crippen LogP contribution >= 0.6 is 0 Å². The van der Waals surface area contributed by atoms with Gasteiger partial charge >= 0.3 is 5.97 Å². The largest absolute Gasteiger partial charge is 0.512 e. The quantitative estimate of drug-likeness (QED) is 0.126. The SMILES string of the molecule is O=C(O)CCc1ccc(C(=O)CCCCCCCCCCCCCCC(O)=C2C=CC=C2)o1. The molecule has 0 atom stereocenters. The van der Waals surface area contributed by atoms with Crippen LogP contribution in [0.5, 0.6) is 0 Å². The fourth-order valence-electron chi connectivity index (χ4n) is 4.07. The molecule has 0 spiro atoms. The molecule has 5 heteroatoms. The third-order valence-electron chi connectivity index (χ3n) is 6.09. The van der Waals surface area contributed by atoms with Gasteiger partial charge in [-0.25, -0.2) is 0 Å². The lowest BCUT2D eigenvalue weighted by Gasteiger charge is -2.04. The maximum atomic E-state index is 12.2. The van der Waals surface area contributed by atoms with Crippen molar-refractivity contribution in [2.75, 3.05) is 0 Å². The van der Waals surface area contributed by atoms with Crippen LogP contribution in [0.25, 0.3) is 0 Å². The second-order valence-electron chi connectivity index (χ2n) is 8.95. The zero-order valence-electron chi connectivity index (χ0n) is 19.9. The highest BCUT2D eigenvalue weighted by Crippen LogP contribution is 2.18. The first kappa shape index (κ1) is 26.7. The summed E-state index contributed by atoms with van der Waals surface area (Å²) in [5, 5.41) is 18.7. The summed E-state index contributed by atoms with van der Waals surface area (Å²) >= 11 is 0. The molecule has 5 nitrogen and oxygen atoms in total. The number of hydrogen-bond donors (Lipinski definition) is 2. The summed E-state index contributed by atoms with van der Waals surface area (Å²) in [6, 6.07) is 3.36. The number of carboxylic acid groups (broad SMARTS) is 1. The number of ketones is 1. The average molecular weight is 457 g/mol. The maximum Gasteiger partial charge on any atom is 0.303 e. The summed E-state index contributed by atoms with van der Waals surface area (Å²) in [5.41, 5.74) is 0.961. The monoisotopic (exact) mass is 456 g/mol. The molecule has 1 aromatic heterocycles. The molecule has 0 radical (unpaired) electrons. The Hall–Kier alpha value is -2.56. The Morgan fingerprint density at radius 1 is 0.667 bits per heavy atom. The predicted octanol–water partition coefficient (Wildman–Crippen LogP) is 7.88. The highest BCUT2D eigenvalue weighted by atomic mass is 16.4. The normalized spacial score (nSPS) is 12.5. The first-order valence-corrected chi connectivity index (χ1v) is 12.7. The van der Waals surface area contributed by atoms with Gasteiger partial charge in [-0.3, -0.25) is 9.59 Å². The van der Waals surface area contributed by atoms with Crippen LogP contribution in [0.2, 0.25) is 0 Å². The van der Waals surface area contributed by atoms with Gasteiger partial charge in [0.15, 0.2) is 11.5 Å². The maximum absolute atomic E-state index is 12.2. The summed E-state index contributed by atoms with van der Waals surface area (Å²) in [4.78, 5) is 22.8. The van der Waals surface area contributed by atoms with Crippen molar-refractivity contribution in [3.8, 4) is 0 Å². The van der Waals surface area contributed by atoms with E-state index in [1.165, 1.54) is 57.8 Å². The second-order valence-corrected chi connectivity index (χ2v) is 8.95. The van der Waals surface area contributed by atoms with E-state index in [-0.39, 0.29) is 12.2 Å². The van der Waals surface area contributed by atoms with E-state index in [0.29, 0.717) is 30.1 Å². The van der Waals surface area contributed by atoms with Crippen molar-refractivity contribution in [3.05, 3.63) is 59.3 Å². The van der Waals surface area contributed by atoms with Crippen LogP contribution < -0.4 is 0 Å². The summed E-state index contributed by atoms with van der Waals surface area (Å²) < 4.78 is 5.46. The van der Waals surface area contributed by atoms with Crippen molar-refractivity contribution in [3.63, 3.8) is 0 Å². The van der Waals surface area contributed by atoms with E-state index in [0.717, 1.165) is 31.3 Å². The van der Waals surface area contributed by atoms with Gasteiger partial charge in [-0.2, -0.15) is 0 Å². The van der Waals surface area contributed by atoms with E-state index in [2.05, 4.69) is 0 Å². The molecule has 0 saturated heterocycles. The number of rotatable bonds is 19. The number of aliphatic hydroxyl groups excluding tert-OH is 1. The molecule has 0 saturated carbocycles. The van der Waals surface area contributed by atoms with Crippen LogP contribution in [0.15, 0.2) is 52.2 Å². The molecule has 0 aromatic carbocycles. The van der Waals surface area contributed by atoms with Crippen LogP contribution in [-0.4, -0.2) is 22.0 Å². The lowest BCUT2D eigenvalue weighted by atomic mass is 10.0. The van der Waals surface area contributed by atoms with Crippen LogP contribution in [-0.2, 0) is 11.2 Å². The Morgan fingerprint density at radius 3 is 1.73 bits per heavy atom. The van der Waals surface area contributed by atoms with Crippen LogP contribution in [0, 0.1) is 0 Å². The van der Waals surface area contributed by atoms with E-state index in [4.69, 9.17) is 9.52 Å². The Bertz CT molecular complexity index is 798. The third kappa shape index (κ3) is 11.7. The van der Waals surface area contributed by atoms with E-state index in [1.54, 1.807) is 12.1 Å². The van der Waals surface area contributed by atoms with E-state index >= 15 is 0 Å². The number of carbonyl (C=O) groups excluding carboxylic acids is 1. The molecule has 1 aromatic rings. The molecule has 33 heavy (non-hydrogen) atoms. The molecule has 2 rings (SSSR count). The fourth-order valence-corrected chi connectivity index (χ4v) is 4.07. The highest BCUT2D eigenvalue weighted by molar-refractivity contribution is 5.93. The fraction of sp³-hybridized carbons (Fsp3) is 0.571.